The second-order valence-corrected chi connectivity index (χ2v) is 15.9. The first-order valence-electron chi connectivity index (χ1n) is 22.5. The van der Waals surface area contributed by atoms with Gasteiger partial charge in [-0.3, -0.25) is 0 Å². The monoisotopic (exact) mass is 631 g/mol. The lowest BCUT2D eigenvalue weighted by molar-refractivity contribution is 0.504. The summed E-state index contributed by atoms with van der Waals surface area (Å²) in [6, 6.07) is 0. The molecule has 0 unspecified atom stereocenters. The molecule has 0 N–H and O–H groups in total. The zero-order valence-corrected chi connectivity index (χ0v) is 31.8. The second-order valence-electron chi connectivity index (χ2n) is 15.9. The van der Waals surface area contributed by atoms with E-state index in [1.165, 1.54) is 289 Å². The van der Waals surface area contributed by atoms with Crippen LogP contribution in [0.25, 0.3) is 0 Å². The number of hydrogen-bond acceptors (Lipinski definition) is 0. The van der Waals surface area contributed by atoms with Crippen LogP contribution in [0.15, 0.2) is 0 Å². The van der Waals surface area contributed by atoms with Crippen molar-refractivity contribution in [3.8, 4) is 0 Å². The van der Waals surface area contributed by atoms with Crippen LogP contribution in [-0.2, 0) is 0 Å². The first kappa shape index (κ1) is 43.0. The highest BCUT2D eigenvalue weighted by Crippen LogP contribution is 2.19. The van der Waals surface area contributed by atoms with Crippen molar-refractivity contribution in [2.24, 2.45) is 0 Å². The lowest BCUT2D eigenvalue weighted by Gasteiger charge is -2.05. The Labute approximate surface area is 288 Å². The van der Waals surface area contributed by atoms with Crippen molar-refractivity contribution >= 4 is 0 Å². The third-order valence-electron chi connectivity index (χ3n) is 10.9. The molecule has 0 radical (unpaired) electrons. The fourth-order valence-corrected chi connectivity index (χ4v) is 6.97. The van der Waals surface area contributed by atoms with Gasteiger partial charge in [-0.1, -0.05) is 289 Å². The molecule has 0 bridgehead atoms. The zero-order chi connectivity index (χ0) is 31.8. The van der Waals surface area contributed by atoms with Gasteiger partial charge < -0.3 is 0 Å². The predicted molar refractivity (Wildman–Crippen MR) is 208 cm³/mol. The van der Waals surface area contributed by atoms with Gasteiger partial charge in [0.1, 0.15) is 0 Å². The molecule has 0 aromatic rings. The Balaban J connectivity index is 0.000000273. The Morgan fingerprint density at radius 1 is 0.0444 bits per heavy atom. The van der Waals surface area contributed by atoms with Gasteiger partial charge >= 0.3 is 0 Å². The summed E-state index contributed by atoms with van der Waals surface area (Å²) in [5.41, 5.74) is 0. The van der Waals surface area contributed by atoms with Crippen molar-refractivity contribution in [1.82, 2.24) is 0 Å². The van der Waals surface area contributed by atoms with E-state index in [-0.39, 0.29) is 0 Å². The minimum Gasteiger partial charge on any atom is -0.0533 e. The summed E-state index contributed by atoms with van der Waals surface area (Å²) in [6.07, 6.45) is 67.5. The van der Waals surface area contributed by atoms with Crippen LogP contribution in [0.5, 0.6) is 0 Å². The van der Waals surface area contributed by atoms with Gasteiger partial charge in [0, 0.05) is 0 Å². The second kappa shape index (κ2) is 40.2. The minimum absolute atomic E-state index is 1.50. The third kappa shape index (κ3) is 42.0. The highest BCUT2D eigenvalue weighted by Gasteiger charge is 1.99. The molecule has 270 valence electrons. The molecule has 45 heavy (non-hydrogen) atoms. The Hall–Kier alpha value is 0. The summed E-state index contributed by atoms with van der Waals surface area (Å²) in [6.45, 7) is 0. The molecule has 0 heterocycles. The minimum atomic E-state index is 1.50. The van der Waals surface area contributed by atoms with E-state index < -0.39 is 0 Å². The van der Waals surface area contributed by atoms with E-state index in [2.05, 4.69) is 0 Å². The topological polar surface area (TPSA) is 0 Å². The van der Waals surface area contributed by atoms with Gasteiger partial charge in [0.2, 0.25) is 0 Å². The van der Waals surface area contributed by atoms with Gasteiger partial charge in [0.05, 0.1) is 0 Å². The molecule has 0 aromatic heterocycles. The molecule has 0 amide bonds. The summed E-state index contributed by atoms with van der Waals surface area (Å²) in [5, 5.41) is 0. The van der Waals surface area contributed by atoms with E-state index in [9.17, 15) is 0 Å². The molecule has 0 spiro atoms. The molecule has 0 atom stereocenters. The van der Waals surface area contributed by atoms with Crippen LogP contribution < -0.4 is 0 Å². The lowest BCUT2D eigenvalue weighted by Crippen LogP contribution is -1.85. The highest BCUT2D eigenvalue weighted by molar-refractivity contribution is 4.54. The van der Waals surface area contributed by atoms with Gasteiger partial charge in [-0.25, -0.2) is 0 Å². The maximum atomic E-state index is 1.50. The van der Waals surface area contributed by atoms with Crippen LogP contribution >= 0.6 is 0 Å². The van der Waals surface area contributed by atoms with Gasteiger partial charge in [-0.2, -0.15) is 0 Å². The fourth-order valence-electron chi connectivity index (χ4n) is 6.97. The summed E-state index contributed by atoms with van der Waals surface area (Å²) in [5.74, 6) is 0. The van der Waals surface area contributed by atoms with Crippen LogP contribution in [-0.4, -0.2) is 0 Å². The third-order valence-corrected chi connectivity index (χ3v) is 10.9. The van der Waals surface area contributed by atoms with Crippen molar-refractivity contribution in [2.45, 2.75) is 289 Å². The number of rotatable bonds is 0. The van der Waals surface area contributed by atoms with Crippen LogP contribution in [0.3, 0.4) is 0 Å². The molecular weight excluding hydrogens is 540 g/mol. The van der Waals surface area contributed by atoms with Gasteiger partial charge in [0.15, 0.2) is 0 Å². The van der Waals surface area contributed by atoms with E-state index in [1.54, 1.807) is 0 Å². The molecule has 7 aliphatic carbocycles. The van der Waals surface area contributed by atoms with Crippen molar-refractivity contribution in [2.75, 3.05) is 0 Å². The Kier molecular flexibility index (Phi) is 38.4. The van der Waals surface area contributed by atoms with E-state index in [1.807, 2.05) is 0 Å². The van der Waals surface area contributed by atoms with E-state index in [0.29, 0.717) is 0 Å². The van der Waals surface area contributed by atoms with Gasteiger partial charge in [-0.15, -0.1) is 0 Å². The Morgan fingerprint density at radius 2 is 0.0667 bits per heavy atom. The molecule has 0 aromatic carbocycles. The lowest BCUT2D eigenvalue weighted by atomic mass is 10.0. The fraction of sp³-hybridized carbons (Fsp3) is 1.00. The molecule has 0 heteroatoms. The van der Waals surface area contributed by atoms with Crippen molar-refractivity contribution in [1.29, 1.82) is 0 Å². The van der Waals surface area contributed by atoms with Crippen molar-refractivity contribution in [3.63, 3.8) is 0 Å². The number of hydrogen-bond donors (Lipinski definition) is 0. The van der Waals surface area contributed by atoms with Crippen LogP contribution in [0.4, 0.5) is 0 Å². The van der Waals surface area contributed by atoms with E-state index in [0.717, 1.165) is 0 Å². The van der Waals surface area contributed by atoms with Gasteiger partial charge in [0.25, 0.3) is 0 Å². The van der Waals surface area contributed by atoms with Crippen molar-refractivity contribution in [3.05, 3.63) is 0 Å². The predicted octanol–water partition coefficient (Wildman–Crippen LogP) is 17.6. The molecule has 0 aliphatic heterocycles. The quantitative estimate of drug-likeness (QED) is 0.234. The van der Waals surface area contributed by atoms with Crippen molar-refractivity contribution < 1.29 is 0 Å². The van der Waals surface area contributed by atoms with Crippen LogP contribution in [0.2, 0.25) is 0 Å². The molecule has 0 nitrogen and oxygen atoms in total. The zero-order valence-electron chi connectivity index (χ0n) is 31.8. The van der Waals surface area contributed by atoms with Crippen LogP contribution in [0, 0.1) is 0 Å². The maximum absolute atomic E-state index is 1.50. The smallest absolute Gasteiger partial charge is 0.0533 e. The molecule has 7 fully saturated rings. The van der Waals surface area contributed by atoms with Gasteiger partial charge in [-0.05, 0) is 0 Å². The summed E-state index contributed by atoms with van der Waals surface area (Å²) in [7, 11) is 0. The molecule has 7 rings (SSSR count). The van der Waals surface area contributed by atoms with E-state index in [4.69, 9.17) is 0 Å². The first-order valence-corrected chi connectivity index (χ1v) is 22.5. The first-order chi connectivity index (χ1) is 22.5. The summed E-state index contributed by atoms with van der Waals surface area (Å²) < 4.78 is 0. The molecule has 0 saturated heterocycles. The van der Waals surface area contributed by atoms with E-state index >= 15 is 0 Å². The standard InChI is InChI=1S/C12H24.C8H16.C7H14.C6H12.C5H10.C4H8.C3H6/c1-2-4-6-8-10-12-11-9-7-5-3-1;1-2-4-6-8-7-5-3-1;1-2-4-6-7-5-3-1;1-2-4-6-5-3-1;1-2-4-5-3-1;1-2-4-3-1;1-2-3-1/h1-12H2;1-8H2;1-7H2;1-6H2;1-5H2;1-4H2;1-3H2. The normalized spacial score (nSPS) is 24.0. The largest absolute Gasteiger partial charge is 0.0533 e. The Bertz CT molecular complexity index is 368. The highest BCUT2D eigenvalue weighted by atomic mass is 14.1. The Morgan fingerprint density at radius 3 is 0.0889 bits per heavy atom. The molecule has 7 aliphatic rings. The maximum Gasteiger partial charge on any atom is -0.0533 e. The summed E-state index contributed by atoms with van der Waals surface area (Å²) >= 11 is 0. The summed E-state index contributed by atoms with van der Waals surface area (Å²) in [4.78, 5) is 0. The average molecular weight is 631 g/mol. The average Bonchev–Trinajstić information content (AvgIpc) is 3.85. The molecule has 7 saturated carbocycles. The SMILES string of the molecule is C1CC1.C1CCC1.C1CCCC1.C1CCCCC1.C1CCCCCC1.C1CCCCCCC1.C1CCCCCCCCCCC1. The van der Waals surface area contributed by atoms with Crippen LogP contribution in [0.1, 0.15) is 289 Å². The molecular formula is C45H90.